The molecule has 0 spiro atoms. The molecule has 1 aromatic carbocycles. The number of halogens is 3. The Bertz CT molecular complexity index is 469. The zero-order valence-electron chi connectivity index (χ0n) is 10.2. The van der Waals surface area contributed by atoms with Crippen molar-refractivity contribution in [2.24, 2.45) is 0 Å². The van der Waals surface area contributed by atoms with Crippen LogP contribution in [-0.4, -0.2) is 31.0 Å². The van der Waals surface area contributed by atoms with E-state index in [4.69, 9.17) is 15.1 Å². The summed E-state index contributed by atoms with van der Waals surface area (Å²) < 4.78 is 41.1. The van der Waals surface area contributed by atoms with Crippen LogP contribution in [0.5, 0.6) is 5.75 Å². The van der Waals surface area contributed by atoms with Gasteiger partial charge in [-0.25, -0.2) is 0 Å². The molecule has 0 amide bonds. The van der Waals surface area contributed by atoms with Crippen molar-refractivity contribution in [2.45, 2.75) is 18.8 Å². The van der Waals surface area contributed by atoms with Crippen molar-refractivity contribution in [3.05, 3.63) is 29.3 Å². The summed E-state index contributed by atoms with van der Waals surface area (Å²) in [6.45, 7) is -0.457. The molecule has 2 N–H and O–H groups in total. The van der Waals surface area contributed by atoms with E-state index in [2.05, 4.69) is 5.32 Å². The summed E-state index contributed by atoms with van der Waals surface area (Å²) in [7, 11) is 1.40. The van der Waals surface area contributed by atoms with Crippen molar-refractivity contribution >= 4 is 0 Å². The highest BCUT2D eigenvalue weighted by molar-refractivity contribution is 5.45. The molecular weight excluding hydrogens is 261 g/mol. The maximum absolute atomic E-state index is 12.0. The molecule has 0 saturated heterocycles. The van der Waals surface area contributed by atoms with Gasteiger partial charge in [0.15, 0.2) is 6.10 Å². The molecule has 0 fully saturated rings. The van der Waals surface area contributed by atoms with Crippen LogP contribution in [0.1, 0.15) is 11.1 Å². The SMILES string of the molecule is COc1cc(CNCC(O)C(F)(F)F)ccc1C#N. The summed E-state index contributed by atoms with van der Waals surface area (Å²) in [5.41, 5.74) is 1.01. The number of aliphatic hydroxyl groups is 1. The van der Waals surface area contributed by atoms with Crippen LogP contribution in [0.3, 0.4) is 0 Å². The van der Waals surface area contributed by atoms with Gasteiger partial charge in [0.25, 0.3) is 0 Å². The van der Waals surface area contributed by atoms with E-state index in [1.807, 2.05) is 6.07 Å². The maximum Gasteiger partial charge on any atom is 0.415 e. The molecule has 0 aliphatic rings. The van der Waals surface area contributed by atoms with Gasteiger partial charge >= 0.3 is 6.18 Å². The number of nitrogens with one attached hydrogen (secondary N) is 1. The van der Waals surface area contributed by atoms with Crippen molar-refractivity contribution in [3.8, 4) is 11.8 Å². The molecular formula is C12H13F3N2O2. The monoisotopic (exact) mass is 274 g/mol. The minimum Gasteiger partial charge on any atom is -0.495 e. The van der Waals surface area contributed by atoms with Crippen LogP contribution in [0.15, 0.2) is 18.2 Å². The summed E-state index contributed by atoms with van der Waals surface area (Å²) in [6.07, 6.45) is -7.03. The third kappa shape index (κ3) is 4.43. The van der Waals surface area contributed by atoms with Crippen LogP contribution in [0.2, 0.25) is 0 Å². The van der Waals surface area contributed by atoms with Crippen LogP contribution < -0.4 is 10.1 Å². The van der Waals surface area contributed by atoms with E-state index in [1.165, 1.54) is 13.2 Å². The molecule has 0 aliphatic carbocycles. The average Bonchev–Trinajstić information content (AvgIpc) is 2.37. The van der Waals surface area contributed by atoms with E-state index in [1.54, 1.807) is 12.1 Å². The second-order valence-corrected chi connectivity index (χ2v) is 3.83. The van der Waals surface area contributed by atoms with E-state index in [0.29, 0.717) is 16.9 Å². The Hall–Kier alpha value is -1.78. The first kappa shape index (κ1) is 15.3. The standard InChI is InChI=1S/C12H13F3N2O2/c1-19-10-4-8(2-3-9(10)5-16)6-17-7-11(18)12(13,14)15/h2-4,11,17-18H,6-7H2,1H3. The largest absolute Gasteiger partial charge is 0.495 e. The number of nitrogens with zero attached hydrogens (tertiary/aromatic N) is 1. The fourth-order valence-electron chi connectivity index (χ4n) is 1.41. The van der Waals surface area contributed by atoms with Crippen LogP contribution >= 0.6 is 0 Å². The zero-order chi connectivity index (χ0) is 14.5. The lowest BCUT2D eigenvalue weighted by Crippen LogP contribution is -2.38. The van der Waals surface area contributed by atoms with Gasteiger partial charge in [-0.1, -0.05) is 6.07 Å². The molecule has 1 unspecified atom stereocenters. The fraction of sp³-hybridized carbons (Fsp3) is 0.417. The predicted octanol–water partition coefficient (Wildman–Crippen LogP) is 1.58. The number of benzene rings is 1. The smallest absolute Gasteiger partial charge is 0.415 e. The van der Waals surface area contributed by atoms with Gasteiger partial charge < -0.3 is 15.2 Å². The van der Waals surface area contributed by atoms with Gasteiger partial charge in [-0.15, -0.1) is 0 Å². The highest BCUT2D eigenvalue weighted by Gasteiger charge is 2.37. The number of methoxy groups -OCH3 is 1. The lowest BCUT2D eigenvalue weighted by Gasteiger charge is -2.15. The minimum absolute atomic E-state index is 0.134. The highest BCUT2D eigenvalue weighted by atomic mass is 19.4. The van der Waals surface area contributed by atoms with Crippen molar-refractivity contribution in [1.29, 1.82) is 5.26 Å². The van der Waals surface area contributed by atoms with Gasteiger partial charge in [-0.3, -0.25) is 0 Å². The second-order valence-electron chi connectivity index (χ2n) is 3.83. The topological polar surface area (TPSA) is 65.3 Å². The number of rotatable bonds is 5. The Kier molecular flexibility index (Phi) is 5.15. The van der Waals surface area contributed by atoms with Crippen LogP contribution in [0.4, 0.5) is 13.2 Å². The Balaban J connectivity index is 2.58. The minimum atomic E-state index is -4.63. The van der Waals surface area contributed by atoms with Crippen LogP contribution in [0.25, 0.3) is 0 Å². The Morgan fingerprint density at radius 1 is 1.47 bits per heavy atom. The molecule has 4 nitrogen and oxygen atoms in total. The van der Waals surface area contributed by atoms with Gasteiger partial charge in [0, 0.05) is 13.1 Å². The molecule has 1 rings (SSSR count). The van der Waals surface area contributed by atoms with Gasteiger partial charge in [-0.2, -0.15) is 18.4 Å². The summed E-state index contributed by atoms with van der Waals surface area (Å²) >= 11 is 0. The van der Waals surface area contributed by atoms with Crippen molar-refractivity contribution in [2.75, 3.05) is 13.7 Å². The summed E-state index contributed by atoms with van der Waals surface area (Å²) in [5, 5.41) is 20.1. The summed E-state index contributed by atoms with van der Waals surface area (Å²) in [5.74, 6) is 0.359. The van der Waals surface area contributed by atoms with E-state index >= 15 is 0 Å². The quantitative estimate of drug-likeness (QED) is 0.855. The molecule has 19 heavy (non-hydrogen) atoms. The van der Waals surface area contributed by atoms with Gasteiger partial charge in [0.05, 0.1) is 12.7 Å². The predicted molar refractivity (Wildman–Crippen MR) is 61.5 cm³/mol. The molecule has 0 heterocycles. The Morgan fingerprint density at radius 3 is 2.68 bits per heavy atom. The van der Waals surface area contributed by atoms with E-state index in [9.17, 15) is 13.2 Å². The molecule has 0 aromatic heterocycles. The number of alkyl halides is 3. The lowest BCUT2D eigenvalue weighted by atomic mass is 10.1. The number of aliphatic hydroxyl groups excluding tert-OH is 1. The number of hydrogen-bond acceptors (Lipinski definition) is 4. The number of nitriles is 1. The summed E-state index contributed by atoms with van der Waals surface area (Å²) in [6, 6.07) is 6.62. The van der Waals surface area contributed by atoms with E-state index in [-0.39, 0.29) is 6.54 Å². The first-order valence-electron chi connectivity index (χ1n) is 5.41. The Labute approximate surface area is 108 Å². The van der Waals surface area contributed by atoms with E-state index < -0.39 is 18.8 Å². The first-order chi connectivity index (χ1) is 8.88. The fourth-order valence-corrected chi connectivity index (χ4v) is 1.41. The normalized spacial score (nSPS) is 12.8. The highest BCUT2D eigenvalue weighted by Crippen LogP contribution is 2.20. The molecule has 0 saturated carbocycles. The maximum atomic E-state index is 12.0. The Morgan fingerprint density at radius 2 is 2.16 bits per heavy atom. The third-order valence-electron chi connectivity index (χ3n) is 2.43. The van der Waals surface area contributed by atoms with E-state index in [0.717, 1.165) is 0 Å². The van der Waals surface area contributed by atoms with Crippen LogP contribution in [-0.2, 0) is 6.54 Å². The first-order valence-corrected chi connectivity index (χ1v) is 5.41. The third-order valence-corrected chi connectivity index (χ3v) is 2.43. The molecule has 0 bridgehead atoms. The van der Waals surface area contributed by atoms with Gasteiger partial charge in [0.2, 0.25) is 0 Å². The molecule has 7 heteroatoms. The van der Waals surface area contributed by atoms with Crippen LogP contribution in [0, 0.1) is 11.3 Å². The number of ether oxygens (including phenoxy) is 1. The number of hydrogen-bond donors (Lipinski definition) is 2. The van der Waals surface area contributed by atoms with Gasteiger partial charge in [-0.05, 0) is 17.7 Å². The van der Waals surface area contributed by atoms with Crippen molar-refractivity contribution in [3.63, 3.8) is 0 Å². The molecule has 1 atom stereocenters. The van der Waals surface area contributed by atoms with Gasteiger partial charge in [0.1, 0.15) is 11.8 Å². The molecule has 104 valence electrons. The van der Waals surface area contributed by atoms with Crippen molar-refractivity contribution < 1.29 is 23.0 Å². The molecule has 0 radical (unpaired) electrons. The lowest BCUT2D eigenvalue weighted by molar-refractivity contribution is -0.201. The average molecular weight is 274 g/mol. The zero-order valence-corrected chi connectivity index (χ0v) is 10.2. The second kappa shape index (κ2) is 6.41. The summed E-state index contributed by atoms with van der Waals surface area (Å²) in [4.78, 5) is 0. The molecule has 1 aromatic rings. The molecule has 0 aliphatic heterocycles. The van der Waals surface area contributed by atoms with Crippen molar-refractivity contribution in [1.82, 2.24) is 5.32 Å².